The van der Waals surface area contributed by atoms with E-state index in [1.807, 2.05) is 0 Å². The highest BCUT2D eigenvalue weighted by atomic mass is 16.6. The number of esters is 3. The Kier molecular flexibility index (Phi) is 70.5. The summed E-state index contributed by atoms with van der Waals surface area (Å²) in [5.41, 5.74) is 0. The smallest absolute Gasteiger partial charge is 0.306 e. The highest BCUT2D eigenvalue weighted by molar-refractivity contribution is 5.71. The van der Waals surface area contributed by atoms with E-state index in [0.29, 0.717) is 19.3 Å². The van der Waals surface area contributed by atoms with E-state index < -0.39 is 6.10 Å². The van der Waals surface area contributed by atoms with E-state index in [-0.39, 0.29) is 31.1 Å². The average molecular weight is 1170 g/mol. The van der Waals surface area contributed by atoms with Gasteiger partial charge >= 0.3 is 17.9 Å². The third kappa shape index (κ3) is 70.5. The Labute approximate surface area is 519 Å². The average Bonchev–Trinajstić information content (AvgIpc) is 3.49. The lowest BCUT2D eigenvalue weighted by Crippen LogP contribution is -2.30. The lowest BCUT2D eigenvalue weighted by molar-refractivity contribution is -0.167. The highest BCUT2D eigenvalue weighted by Gasteiger charge is 2.20. The lowest BCUT2D eigenvalue weighted by atomic mass is 10.0. The van der Waals surface area contributed by atoms with Gasteiger partial charge in [-0.05, 0) is 70.6 Å². The molecule has 490 valence electrons. The van der Waals surface area contributed by atoms with Gasteiger partial charge in [0.15, 0.2) is 6.10 Å². The number of allylic oxidation sites excluding steroid dienone is 4. The monoisotopic (exact) mass is 1170 g/mol. The molecule has 0 rings (SSSR count). The van der Waals surface area contributed by atoms with Gasteiger partial charge in [0.25, 0.3) is 0 Å². The number of ether oxygens (including phenoxy) is 3. The first-order chi connectivity index (χ1) is 41.0. The Bertz CT molecular complexity index is 1340. The van der Waals surface area contributed by atoms with Crippen LogP contribution < -0.4 is 0 Å². The third-order valence-electron chi connectivity index (χ3n) is 17.4. The lowest BCUT2D eigenvalue weighted by Gasteiger charge is -2.18. The van der Waals surface area contributed by atoms with E-state index in [1.54, 1.807) is 0 Å². The van der Waals surface area contributed by atoms with Crippen LogP contribution in [-0.4, -0.2) is 37.2 Å². The molecule has 0 bridgehead atoms. The minimum atomic E-state index is -0.765. The topological polar surface area (TPSA) is 78.9 Å². The van der Waals surface area contributed by atoms with Crippen molar-refractivity contribution in [1.82, 2.24) is 0 Å². The maximum Gasteiger partial charge on any atom is 0.306 e. The molecule has 0 aromatic carbocycles. The minimum absolute atomic E-state index is 0.0655. The summed E-state index contributed by atoms with van der Waals surface area (Å²) in [6.07, 6.45) is 90.1. The molecule has 0 saturated carbocycles. The van der Waals surface area contributed by atoms with Crippen molar-refractivity contribution >= 4 is 17.9 Å². The molecule has 1 atom stereocenters. The number of unbranched alkanes of at least 4 members (excludes halogenated alkanes) is 56. The molecular formula is C77H146O6. The van der Waals surface area contributed by atoms with Crippen LogP contribution in [0, 0.1) is 0 Å². The van der Waals surface area contributed by atoms with Gasteiger partial charge in [-0.3, -0.25) is 14.4 Å². The summed E-state index contributed by atoms with van der Waals surface area (Å²) in [6, 6.07) is 0. The van der Waals surface area contributed by atoms with Gasteiger partial charge in [0, 0.05) is 19.3 Å². The van der Waals surface area contributed by atoms with Crippen LogP contribution in [0.4, 0.5) is 0 Å². The van der Waals surface area contributed by atoms with Crippen LogP contribution in [0.15, 0.2) is 24.3 Å². The second-order valence-corrected chi connectivity index (χ2v) is 25.9. The van der Waals surface area contributed by atoms with Gasteiger partial charge < -0.3 is 14.2 Å². The highest BCUT2D eigenvalue weighted by Crippen LogP contribution is 2.19. The minimum Gasteiger partial charge on any atom is -0.462 e. The van der Waals surface area contributed by atoms with Crippen LogP contribution in [0.2, 0.25) is 0 Å². The van der Waals surface area contributed by atoms with Crippen molar-refractivity contribution in [3.8, 4) is 0 Å². The Balaban J connectivity index is 3.85. The molecule has 0 aliphatic rings. The number of hydrogen-bond acceptors (Lipinski definition) is 6. The second-order valence-electron chi connectivity index (χ2n) is 25.9. The Morgan fingerprint density at radius 2 is 0.398 bits per heavy atom. The summed E-state index contributed by atoms with van der Waals surface area (Å²) in [5, 5.41) is 0. The zero-order valence-corrected chi connectivity index (χ0v) is 56.5. The van der Waals surface area contributed by atoms with E-state index >= 15 is 0 Å². The number of hydrogen-bond donors (Lipinski definition) is 0. The fourth-order valence-electron chi connectivity index (χ4n) is 11.7. The largest absolute Gasteiger partial charge is 0.462 e. The molecule has 1 unspecified atom stereocenters. The van der Waals surface area contributed by atoms with Crippen LogP contribution in [-0.2, 0) is 28.6 Å². The van der Waals surface area contributed by atoms with E-state index in [9.17, 15) is 14.4 Å². The van der Waals surface area contributed by atoms with Crippen molar-refractivity contribution in [2.24, 2.45) is 0 Å². The summed E-state index contributed by atoms with van der Waals surface area (Å²) in [4.78, 5) is 38.1. The predicted octanol–water partition coefficient (Wildman–Crippen LogP) is 26.1. The molecule has 0 N–H and O–H groups in total. The summed E-state index contributed by atoms with van der Waals surface area (Å²) in [5.74, 6) is -0.850. The number of rotatable bonds is 71. The van der Waals surface area contributed by atoms with Crippen LogP contribution in [0.5, 0.6) is 0 Å². The van der Waals surface area contributed by atoms with Gasteiger partial charge in [-0.15, -0.1) is 0 Å². The van der Waals surface area contributed by atoms with E-state index in [2.05, 4.69) is 45.1 Å². The zero-order chi connectivity index (χ0) is 59.9. The molecule has 83 heavy (non-hydrogen) atoms. The zero-order valence-electron chi connectivity index (χ0n) is 56.5. The van der Waals surface area contributed by atoms with Crippen molar-refractivity contribution in [3.05, 3.63) is 24.3 Å². The predicted molar refractivity (Wildman–Crippen MR) is 363 cm³/mol. The molecule has 0 aliphatic carbocycles. The molecule has 6 heteroatoms. The van der Waals surface area contributed by atoms with E-state index in [0.717, 1.165) is 64.2 Å². The molecule has 0 saturated heterocycles. The van der Waals surface area contributed by atoms with Gasteiger partial charge in [0.2, 0.25) is 0 Å². The van der Waals surface area contributed by atoms with Gasteiger partial charge in [-0.1, -0.05) is 366 Å². The quantitative estimate of drug-likeness (QED) is 0.0261. The fourth-order valence-corrected chi connectivity index (χ4v) is 11.7. The van der Waals surface area contributed by atoms with E-state index in [1.165, 1.54) is 327 Å². The molecule has 0 spiro atoms. The SMILES string of the molecule is CCCCCCCCCC/C=C\CCCCCCCCCCCCCCCCCCCCCCCCCC(=O)OCC(COC(=O)CCCCCCC)OC(=O)CCCCCCCCCCCCCCC/C=C\CCCCCCCCCC. The van der Waals surface area contributed by atoms with E-state index in [4.69, 9.17) is 14.2 Å². The molecule has 6 nitrogen and oxygen atoms in total. The summed E-state index contributed by atoms with van der Waals surface area (Å²) < 4.78 is 16.8. The van der Waals surface area contributed by atoms with Crippen molar-refractivity contribution in [2.75, 3.05) is 13.2 Å². The standard InChI is InChI=1S/C77H146O6/c1-4-7-10-13-15-17-19-21-23-25-27-29-31-33-34-35-36-37-38-39-40-41-42-44-45-47-49-51-53-55-57-59-61-64-67-70-76(79)82-73-74(72-81-75(78)69-66-63-12-9-6-3)83-77(80)71-68-65-62-60-58-56-54-52-50-48-46-43-32-30-28-26-24-22-20-18-16-14-11-8-5-2/h25-28,74H,4-24,29-73H2,1-3H3/b27-25-,28-26-. The van der Waals surface area contributed by atoms with Crippen molar-refractivity contribution in [3.63, 3.8) is 0 Å². The summed E-state index contributed by atoms with van der Waals surface area (Å²) in [6.45, 7) is 6.63. The van der Waals surface area contributed by atoms with Crippen LogP contribution in [0.3, 0.4) is 0 Å². The molecule has 0 aromatic rings. The first-order valence-electron chi connectivity index (χ1n) is 37.8. The molecule has 0 radical (unpaired) electrons. The van der Waals surface area contributed by atoms with Crippen molar-refractivity contribution in [2.45, 2.75) is 438 Å². The number of carbonyl (C=O) groups is 3. The maximum atomic E-state index is 12.9. The molecular weight excluding hydrogens is 1020 g/mol. The Morgan fingerprint density at radius 1 is 0.229 bits per heavy atom. The van der Waals surface area contributed by atoms with Gasteiger partial charge in [0.05, 0.1) is 0 Å². The molecule has 0 aliphatic heterocycles. The Morgan fingerprint density at radius 3 is 0.602 bits per heavy atom. The van der Waals surface area contributed by atoms with Gasteiger partial charge in [0.1, 0.15) is 13.2 Å². The maximum absolute atomic E-state index is 12.9. The second kappa shape index (κ2) is 72.4. The number of carbonyl (C=O) groups excluding carboxylic acids is 3. The first kappa shape index (κ1) is 80.9. The molecule has 0 heterocycles. The van der Waals surface area contributed by atoms with Crippen LogP contribution >= 0.6 is 0 Å². The Hall–Kier alpha value is -2.11. The summed E-state index contributed by atoms with van der Waals surface area (Å²) >= 11 is 0. The summed E-state index contributed by atoms with van der Waals surface area (Å²) in [7, 11) is 0. The normalized spacial score (nSPS) is 12.1. The van der Waals surface area contributed by atoms with Gasteiger partial charge in [-0.25, -0.2) is 0 Å². The fraction of sp³-hybridized carbons (Fsp3) is 0.909. The third-order valence-corrected chi connectivity index (χ3v) is 17.4. The molecule has 0 amide bonds. The first-order valence-corrected chi connectivity index (χ1v) is 37.8. The van der Waals surface area contributed by atoms with Crippen molar-refractivity contribution in [1.29, 1.82) is 0 Å². The van der Waals surface area contributed by atoms with Crippen LogP contribution in [0.25, 0.3) is 0 Å². The van der Waals surface area contributed by atoms with Crippen LogP contribution in [0.1, 0.15) is 432 Å². The van der Waals surface area contributed by atoms with Crippen molar-refractivity contribution < 1.29 is 28.6 Å². The molecule has 0 fully saturated rings. The van der Waals surface area contributed by atoms with Gasteiger partial charge in [-0.2, -0.15) is 0 Å². The molecule has 0 aromatic heterocycles.